The number of fused-ring (bicyclic) bond motifs is 1. The molecule has 0 radical (unpaired) electrons. The molecular formula is C28H25ClN4O3. The largest absolute Gasteiger partial charge is 0.489 e. The third-order valence-electron chi connectivity index (χ3n) is 6.18. The maximum Gasteiger partial charge on any atom is 0.322 e. The number of aromatic nitrogens is 1. The fourth-order valence-corrected chi connectivity index (χ4v) is 4.82. The van der Waals surface area contributed by atoms with Crippen LogP contribution in [0.3, 0.4) is 0 Å². The van der Waals surface area contributed by atoms with Crippen LogP contribution in [0.2, 0.25) is 5.02 Å². The molecule has 0 bridgehead atoms. The predicted molar refractivity (Wildman–Crippen MR) is 140 cm³/mol. The summed E-state index contributed by atoms with van der Waals surface area (Å²) in [5.41, 5.74) is 9.94. The molecule has 7 nitrogen and oxygen atoms in total. The summed E-state index contributed by atoms with van der Waals surface area (Å²) in [6.07, 6.45) is 0. The third-order valence-corrected chi connectivity index (χ3v) is 6.55. The Kier molecular flexibility index (Phi) is 6.64. The van der Waals surface area contributed by atoms with Crippen LogP contribution in [0.15, 0.2) is 84.9 Å². The fraction of sp³-hybridized carbons (Fsp3) is 0.143. The maximum absolute atomic E-state index is 13.0. The number of benzene rings is 3. The molecule has 182 valence electrons. The van der Waals surface area contributed by atoms with Gasteiger partial charge in [-0.2, -0.15) is 0 Å². The molecule has 3 aromatic carbocycles. The quantitative estimate of drug-likeness (QED) is 0.364. The van der Waals surface area contributed by atoms with Crippen LogP contribution >= 0.6 is 11.6 Å². The summed E-state index contributed by atoms with van der Waals surface area (Å²) < 4.78 is 7.80. The molecule has 8 heteroatoms. The number of halogens is 1. The Morgan fingerprint density at radius 3 is 2.25 bits per heavy atom. The van der Waals surface area contributed by atoms with Crippen molar-refractivity contribution >= 4 is 29.2 Å². The molecule has 2 heterocycles. The van der Waals surface area contributed by atoms with Crippen molar-refractivity contribution in [3.8, 4) is 17.0 Å². The number of carbonyl (C=O) groups excluding carboxylic acids is 2. The van der Waals surface area contributed by atoms with E-state index in [4.69, 9.17) is 22.1 Å². The van der Waals surface area contributed by atoms with Crippen molar-refractivity contribution in [3.05, 3.63) is 107 Å². The molecule has 1 aliphatic rings. The number of urea groups is 1. The first kappa shape index (κ1) is 23.5. The van der Waals surface area contributed by atoms with Crippen molar-refractivity contribution in [3.63, 3.8) is 0 Å². The number of hydrogen-bond donors (Lipinski definition) is 2. The highest BCUT2D eigenvalue weighted by atomic mass is 35.5. The van der Waals surface area contributed by atoms with Gasteiger partial charge < -0.3 is 25.3 Å². The molecular weight excluding hydrogens is 476 g/mol. The van der Waals surface area contributed by atoms with Gasteiger partial charge in [-0.1, -0.05) is 72.3 Å². The summed E-state index contributed by atoms with van der Waals surface area (Å²) in [7, 11) is 0. The molecule has 0 aliphatic carbocycles. The summed E-state index contributed by atoms with van der Waals surface area (Å²) in [6.45, 7) is 1.64. The average molecular weight is 501 g/mol. The number of amides is 3. The van der Waals surface area contributed by atoms with Gasteiger partial charge in [-0.05, 0) is 35.4 Å². The fourth-order valence-electron chi connectivity index (χ4n) is 4.41. The number of ether oxygens (including phenoxy) is 1. The van der Waals surface area contributed by atoms with Crippen molar-refractivity contribution in [2.75, 3.05) is 11.9 Å². The average Bonchev–Trinajstić information content (AvgIpc) is 3.20. The highest BCUT2D eigenvalue weighted by Crippen LogP contribution is 2.37. The minimum Gasteiger partial charge on any atom is -0.489 e. The van der Waals surface area contributed by atoms with Gasteiger partial charge in [-0.3, -0.25) is 4.79 Å². The zero-order valence-corrected chi connectivity index (χ0v) is 20.2. The lowest BCUT2D eigenvalue weighted by Crippen LogP contribution is -2.41. The van der Waals surface area contributed by atoms with Gasteiger partial charge in [0.05, 0.1) is 28.5 Å². The van der Waals surface area contributed by atoms with E-state index in [9.17, 15) is 9.59 Å². The molecule has 0 unspecified atom stereocenters. The van der Waals surface area contributed by atoms with E-state index in [0.29, 0.717) is 41.8 Å². The number of anilines is 1. The van der Waals surface area contributed by atoms with Gasteiger partial charge >= 0.3 is 6.03 Å². The highest BCUT2D eigenvalue weighted by molar-refractivity contribution is 6.36. The SMILES string of the molecule is NC(=O)c1c(Cl)c(-c2ccccc2)n2c1CN(C(=O)Nc1ccc(OCc3ccccc3)cc1)CC2. The van der Waals surface area contributed by atoms with Crippen LogP contribution in [-0.4, -0.2) is 28.0 Å². The van der Waals surface area contributed by atoms with Gasteiger partial charge in [0.25, 0.3) is 5.91 Å². The van der Waals surface area contributed by atoms with Crippen LogP contribution < -0.4 is 15.8 Å². The Morgan fingerprint density at radius 1 is 0.917 bits per heavy atom. The normalized spacial score (nSPS) is 12.6. The van der Waals surface area contributed by atoms with Gasteiger partial charge in [-0.25, -0.2) is 4.79 Å². The zero-order valence-electron chi connectivity index (χ0n) is 19.5. The number of hydrogen-bond acceptors (Lipinski definition) is 3. The Balaban J connectivity index is 1.29. The van der Waals surface area contributed by atoms with Gasteiger partial charge in [-0.15, -0.1) is 0 Å². The number of nitrogens with zero attached hydrogens (tertiary/aromatic N) is 2. The topological polar surface area (TPSA) is 89.6 Å². The monoisotopic (exact) mass is 500 g/mol. The van der Waals surface area contributed by atoms with Crippen LogP contribution in [0.4, 0.5) is 10.5 Å². The number of carbonyl (C=O) groups is 2. The Morgan fingerprint density at radius 2 is 1.58 bits per heavy atom. The van der Waals surface area contributed by atoms with Crippen molar-refractivity contribution in [2.45, 2.75) is 19.7 Å². The molecule has 5 rings (SSSR count). The number of nitrogens with two attached hydrogens (primary N) is 1. The van der Waals surface area contributed by atoms with Crippen molar-refractivity contribution < 1.29 is 14.3 Å². The number of primary amides is 1. The van der Waals surface area contributed by atoms with E-state index in [0.717, 1.165) is 16.8 Å². The smallest absolute Gasteiger partial charge is 0.322 e. The lowest BCUT2D eigenvalue weighted by molar-refractivity contribution is 0.0997. The lowest BCUT2D eigenvalue weighted by atomic mass is 10.1. The van der Waals surface area contributed by atoms with Crippen LogP contribution in [0.5, 0.6) is 5.75 Å². The van der Waals surface area contributed by atoms with Crippen LogP contribution in [0, 0.1) is 0 Å². The van der Waals surface area contributed by atoms with Crippen molar-refractivity contribution in [1.82, 2.24) is 9.47 Å². The second-order valence-corrected chi connectivity index (χ2v) is 8.89. The van der Waals surface area contributed by atoms with E-state index < -0.39 is 5.91 Å². The minimum absolute atomic E-state index is 0.217. The van der Waals surface area contributed by atoms with E-state index in [2.05, 4.69) is 5.32 Å². The summed E-state index contributed by atoms with van der Waals surface area (Å²) in [6, 6.07) is 26.5. The molecule has 4 aromatic rings. The molecule has 0 spiro atoms. The Labute approximate surface area is 214 Å². The maximum atomic E-state index is 13.0. The van der Waals surface area contributed by atoms with E-state index in [1.165, 1.54) is 0 Å². The summed E-state index contributed by atoms with van der Waals surface area (Å²) in [5.74, 6) is 0.0983. The van der Waals surface area contributed by atoms with E-state index in [1.807, 2.05) is 77.4 Å². The summed E-state index contributed by atoms with van der Waals surface area (Å²) in [5, 5.41) is 3.23. The summed E-state index contributed by atoms with van der Waals surface area (Å²) in [4.78, 5) is 27.0. The second kappa shape index (κ2) is 10.2. The molecule has 36 heavy (non-hydrogen) atoms. The summed E-state index contributed by atoms with van der Waals surface area (Å²) >= 11 is 6.63. The first-order valence-electron chi connectivity index (χ1n) is 11.6. The Bertz CT molecular complexity index is 1390. The standard InChI is InChI=1S/C28H25ClN4O3/c29-25-24(27(30)34)23-17-32(15-16-33(23)26(25)20-9-5-2-6-10-20)28(35)31-21-11-13-22(14-12-21)36-18-19-7-3-1-4-8-19/h1-14H,15-18H2,(H2,30,34)(H,31,35). The van der Waals surface area contributed by atoms with Crippen LogP contribution in [0.25, 0.3) is 11.3 Å². The third kappa shape index (κ3) is 4.78. The van der Waals surface area contributed by atoms with Crippen molar-refractivity contribution in [2.24, 2.45) is 5.73 Å². The van der Waals surface area contributed by atoms with E-state index in [1.54, 1.807) is 17.0 Å². The van der Waals surface area contributed by atoms with Crippen molar-refractivity contribution in [1.29, 1.82) is 0 Å². The molecule has 0 saturated carbocycles. The van der Waals surface area contributed by atoms with E-state index >= 15 is 0 Å². The molecule has 0 saturated heterocycles. The predicted octanol–water partition coefficient (Wildman–Crippen LogP) is 5.53. The second-order valence-electron chi connectivity index (χ2n) is 8.52. The number of nitrogens with one attached hydrogen (secondary N) is 1. The van der Waals surface area contributed by atoms with Gasteiger partial charge in [0.1, 0.15) is 12.4 Å². The first-order chi connectivity index (χ1) is 17.5. The minimum atomic E-state index is -0.612. The highest BCUT2D eigenvalue weighted by Gasteiger charge is 2.31. The van der Waals surface area contributed by atoms with Gasteiger partial charge in [0.15, 0.2) is 0 Å². The molecule has 1 aromatic heterocycles. The van der Waals surface area contributed by atoms with Crippen LogP contribution in [0.1, 0.15) is 21.6 Å². The molecule has 0 atom stereocenters. The van der Waals surface area contributed by atoms with Gasteiger partial charge in [0, 0.05) is 18.8 Å². The molecule has 3 amide bonds. The molecule has 3 N–H and O–H groups in total. The Hall–Kier alpha value is -4.23. The number of rotatable bonds is 6. The molecule has 1 aliphatic heterocycles. The lowest BCUT2D eigenvalue weighted by Gasteiger charge is -2.30. The zero-order chi connectivity index (χ0) is 25.1. The van der Waals surface area contributed by atoms with Gasteiger partial charge in [0.2, 0.25) is 0 Å². The first-order valence-corrected chi connectivity index (χ1v) is 12.0. The molecule has 0 fully saturated rings. The van der Waals surface area contributed by atoms with E-state index in [-0.39, 0.29) is 18.1 Å². The van der Waals surface area contributed by atoms with Crippen LogP contribution in [-0.2, 0) is 19.7 Å².